The maximum absolute atomic E-state index is 12.5. The van der Waals surface area contributed by atoms with Crippen LogP contribution in [0, 0.1) is 0 Å². The third-order valence-electron chi connectivity index (χ3n) is 4.81. The molecule has 0 fully saturated rings. The first-order valence-corrected chi connectivity index (χ1v) is 10.4. The van der Waals surface area contributed by atoms with Crippen molar-refractivity contribution in [1.29, 1.82) is 0 Å². The molecule has 1 aliphatic rings. The van der Waals surface area contributed by atoms with Crippen molar-refractivity contribution in [1.82, 2.24) is 0 Å². The molecule has 0 aromatic heterocycles. The molecule has 0 unspecified atom stereocenters. The molecule has 3 aromatic rings. The molecule has 2 amide bonds. The Hall–Kier alpha value is -2.50. The molecule has 1 aliphatic heterocycles. The fraction of sp³-hybridized carbons (Fsp3) is 0.182. The van der Waals surface area contributed by atoms with Gasteiger partial charge in [0.15, 0.2) is 0 Å². The zero-order valence-electron chi connectivity index (χ0n) is 15.4. The van der Waals surface area contributed by atoms with Crippen LogP contribution >= 0.6 is 23.4 Å². The SMILES string of the molecule is CC(=O)N1CCc2cc(NC(=O)CSc3cccc4cccc(Cl)c34)ccc21. The van der Waals surface area contributed by atoms with Gasteiger partial charge in [0.25, 0.3) is 0 Å². The van der Waals surface area contributed by atoms with E-state index in [0.717, 1.165) is 39.0 Å². The van der Waals surface area contributed by atoms with Crippen molar-refractivity contribution in [3.05, 3.63) is 65.2 Å². The maximum atomic E-state index is 12.5. The van der Waals surface area contributed by atoms with Crippen molar-refractivity contribution in [2.75, 3.05) is 22.5 Å². The molecule has 0 atom stereocenters. The monoisotopic (exact) mass is 410 g/mol. The number of hydrogen-bond acceptors (Lipinski definition) is 3. The van der Waals surface area contributed by atoms with Crippen molar-refractivity contribution < 1.29 is 9.59 Å². The number of halogens is 1. The molecule has 4 nitrogen and oxygen atoms in total. The molecule has 0 radical (unpaired) electrons. The van der Waals surface area contributed by atoms with Crippen LogP contribution in [0.1, 0.15) is 12.5 Å². The van der Waals surface area contributed by atoms with Crippen LogP contribution in [0.4, 0.5) is 11.4 Å². The summed E-state index contributed by atoms with van der Waals surface area (Å²) in [6.07, 6.45) is 0.807. The second-order valence-corrected chi connectivity index (χ2v) is 8.12. The van der Waals surface area contributed by atoms with Crippen molar-refractivity contribution in [3.8, 4) is 0 Å². The largest absolute Gasteiger partial charge is 0.325 e. The van der Waals surface area contributed by atoms with Gasteiger partial charge in [-0.3, -0.25) is 9.59 Å². The molecular formula is C22H19ClN2O2S. The van der Waals surface area contributed by atoms with Gasteiger partial charge in [0.2, 0.25) is 11.8 Å². The Balaban J connectivity index is 1.44. The minimum atomic E-state index is -0.0737. The third kappa shape index (κ3) is 3.73. The second kappa shape index (κ2) is 7.86. The van der Waals surface area contributed by atoms with Crippen molar-refractivity contribution >= 4 is 57.3 Å². The number of nitrogens with one attached hydrogen (secondary N) is 1. The third-order valence-corrected chi connectivity index (χ3v) is 6.19. The molecule has 0 saturated carbocycles. The predicted molar refractivity (Wildman–Crippen MR) is 116 cm³/mol. The van der Waals surface area contributed by atoms with Crippen molar-refractivity contribution in [3.63, 3.8) is 0 Å². The van der Waals surface area contributed by atoms with Gasteiger partial charge in [-0.1, -0.05) is 35.9 Å². The molecule has 0 bridgehead atoms. The number of carbonyl (C=O) groups is 2. The summed E-state index contributed by atoms with van der Waals surface area (Å²) in [5.41, 5.74) is 2.78. The fourth-order valence-corrected chi connectivity index (χ4v) is 4.77. The summed E-state index contributed by atoms with van der Waals surface area (Å²) in [6.45, 7) is 2.27. The lowest BCUT2D eigenvalue weighted by molar-refractivity contribution is -0.116. The predicted octanol–water partition coefficient (Wildman–Crippen LogP) is 5.13. The lowest BCUT2D eigenvalue weighted by atomic mass is 10.1. The Labute approximate surface area is 172 Å². The van der Waals surface area contributed by atoms with E-state index in [1.54, 1.807) is 11.8 Å². The summed E-state index contributed by atoms with van der Waals surface area (Å²) < 4.78 is 0. The first-order valence-electron chi connectivity index (χ1n) is 9.04. The Bertz CT molecular complexity index is 1080. The van der Waals surface area contributed by atoms with E-state index in [1.165, 1.54) is 11.8 Å². The molecule has 6 heteroatoms. The van der Waals surface area contributed by atoms with Gasteiger partial charge in [-0.05, 0) is 47.7 Å². The average molecular weight is 411 g/mol. The van der Waals surface area contributed by atoms with Crippen molar-refractivity contribution in [2.24, 2.45) is 0 Å². The van der Waals surface area contributed by atoms with E-state index in [2.05, 4.69) is 5.32 Å². The number of thioether (sulfide) groups is 1. The molecule has 1 N–H and O–H groups in total. The van der Waals surface area contributed by atoms with Crippen LogP contribution in [0.25, 0.3) is 10.8 Å². The van der Waals surface area contributed by atoms with Crippen molar-refractivity contribution in [2.45, 2.75) is 18.2 Å². The lowest BCUT2D eigenvalue weighted by Gasteiger charge is -2.15. The van der Waals surface area contributed by atoms with Crippen LogP contribution in [0.15, 0.2) is 59.5 Å². The van der Waals surface area contributed by atoms with E-state index < -0.39 is 0 Å². The number of rotatable bonds is 4. The highest BCUT2D eigenvalue weighted by Crippen LogP contribution is 2.34. The highest BCUT2D eigenvalue weighted by Gasteiger charge is 2.22. The van der Waals surface area contributed by atoms with E-state index in [-0.39, 0.29) is 11.8 Å². The molecule has 3 aromatic carbocycles. The van der Waals surface area contributed by atoms with Gasteiger partial charge in [-0.25, -0.2) is 0 Å². The zero-order chi connectivity index (χ0) is 19.7. The summed E-state index contributed by atoms with van der Waals surface area (Å²) in [6, 6.07) is 17.5. The van der Waals surface area contributed by atoms with E-state index >= 15 is 0 Å². The topological polar surface area (TPSA) is 49.4 Å². The minimum absolute atomic E-state index is 0.0423. The van der Waals surface area contributed by atoms with Crippen LogP contribution < -0.4 is 10.2 Å². The van der Waals surface area contributed by atoms with Gasteiger partial charge < -0.3 is 10.2 Å². The van der Waals surface area contributed by atoms with Crippen LogP contribution in [-0.4, -0.2) is 24.1 Å². The number of hydrogen-bond donors (Lipinski definition) is 1. The van der Waals surface area contributed by atoms with E-state index in [1.807, 2.05) is 54.6 Å². The summed E-state index contributed by atoms with van der Waals surface area (Å²) in [5.74, 6) is 0.261. The van der Waals surface area contributed by atoms with E-state index in [9.17, 15) is 9.59 Å². The summed E-state index contributed by atoms with van der Waals surface area (Å²) in [7, 11) is 0. The normalized spacial score (nSPS) is 12.9. The molecular weight excluding hydrogens is 392 g/mol. The van der Waals surface area contributed by atoms with Gasteiger partial charge in [0.05, 0.1) is 5.75 Å². The number of fused-ring (bicyclic) bond motifs is 2. The molecule has 4 rings (SSSR count). The number of nitrogens with zero attached hydrogens (tertiary/aromatic N) is 1. The highest BCUT2D eigenvalue weighted by molar-refractivity contribution is 8.00. The summed E-state index contributed by atoms with van der Waals surface area (Å²) in [4.78, 5) is 26.9. The first-order chi connectivity index (χ1) is 13.5. The number of benzene rings is 3. The van der Waals surface area contributed by atoms with E-state index in [4.69, 9.17) is 11.6 Å². The van der Waals surface area contributed by atoms with Gasteiger partial charge in [-0.15, -0.1) is 11.8 Å². The highest BCUT2D eigenvalue weighted by atomic mass is 35.5. The Morgan fingerprint density at radius 2 is 1.93 bits per heavy atom. The fourth-order valence-electron chi connectivity index (χ4n) is 3.53. The maximum Gasteiger partial charge on any atom is 0.234 e. The summed E-state index contributed by atoms with van der Waals surface area (Å²) >= 11 is 7.83. The van der Waals surface area contributed by atoms with E-state index in [0.29, 0.717) is 17.3 Å². The van der Waals surface area contributed by atoms with Gasteiger partial charge in [0.1, 0.15) is 0 Å². The Kier molecular flexibility index (Phi) is 5.29. The standard InChI is InChI=1S/C22H19ClN2O2S/c1-14(26)25-11-10-16-12-17(8-9-19(16)25)24-21(27)13-28-20-7-3-5-15-4-2-6-18(23)22(15)20/h2-9,12H,10-11,13H2,1H3,(H,24,27). The summed E-state index contributed by atoms with van der Waals surface area (Å²) in [5, 5.41) is 5.68. The van der Waals surface area contributed by atoms with Crippen LogP contribution in [0.3, 0.4) is 0 Å². The molecule has 0 aliphatic carbocycles. The average Bonchev–Trinajstić information content (AvgIpc) is 3.10. The van der Waals surface area contributed by atoms with Crippen LogP contribution in [-0.2, 0) is 16.0 Å². The zero-order valence-corrected chi connectivity index (χ0v) is 16.9. The van der Waals surface area contributed by atoms with Crippen LogP contribution in [0.2, 0.25) is 5.02 Å². The second-order valence-electron chi connectivity index (χ2n) is 6.70. The lowest BCUT2D eigenvalue weighted by Crippen LogP contribution is -2.25. The number of carbonyl (C=O) groups excluding carboxylic acids is 2. The van der Waals surface area contributed by atoms with Gasteiger partial charge in [0, 0.05) is 40.1 Å². The molecule has 142 valence electrons. The molecule has 1 heterocycles. The number of anilines is 2. The minimum Gasteiger partial charge on any atom is -0.325 e. The van der Waals surface area contributed by atoms with Gasteiger partial charge >= 0.3 is 0 Å². The first kappa shape index (κ1) is 18.8. The van der Waals surface area contributed by atoms with Crippen LogP contribution in [0.5, 0.6) is 0 Å². The molecule has 0 spiro atoms. The smallest absolute Gasteiger partial charge is 0.234 e. The quantitative estimate of drug-likeness (QED) is 0.606. The molecule has 28 heavy (non-hydrogen) atoms. The molecule has 0 saturated heterocycles. The number of amides is 2. The van der Waals surface area contributed by atoms with Gasteiger partial charge in [-0.2, -0.15) is 0 Å². The Morgan fingerprint density at radius 3 is 2.71 bits per heavy atom. The Morgan fingerprint density at radius 1 is 1.14 bits per heavy atom.